The Balaban J connectivity index is 1.67. The quantitative estimate of drug-likeness (QED) is 0.514. The fraction of sp³-hybridized carbons (Fsp3) is 0.647. The van der Waals surface area contributed by atoms with Gasteiger partial charge in [0.15, 0.2) is 0 Å². The highest BCUT2D eigenvalue weighted by Gasteiger charge is 2.31. The molecular formula is C17H23BrN2. The predicted molar refractivity (Wildman–Crippen MR) is 85.2 cm³/mol. The van der Waals surface area contributed by atoms with Gasteiger partial charge in [-0.1, -0.05) is 38.2 Å². The molecule has 3 heteroatoms. The molecule has 0 amide bonds. The molecule has 20 heavy (non-hydrogen) atoms. The third kappa shape index (κ3) is 4.59. The van der Waals surface area contributed by atoms with E-state index in [4.69, 9.17) is 0 Å². The third-order valence-electron chi connectivity index (χ3n) is 4.41. The van der Waals surface area contributed by atoms with Gasteiger partial charge in [-0.05, 0) is 60.2 Å². The van der Waals surface area contributed by atoms with E-state index >= 15 is 0 Å². The van der Waals surface area contributed by atoms with Crippen molar-refractivity contribution in [2.45, 2.75) is 64.2 Å². The van der Waals surface area contributed by atoms with Crippen LogP contribution in [0.15, 0.2) is 22.8 Å². The molecule has 1 saturated carbocycles. The van der Waals surface area contributed by atoms with Crippen molar-refractivity contribution in [2.75, 3.05) is 0 Å². The van der Waals surface area contributed by atoms with Crippen LogP contribution in [0, 0.1) is 16.7 Å². The monoisotopic (exact) mass is 334 g/mol. The van der Waals surface area contributed by atoms with E-state index in [2.05, 4.69) is 33.0 Å². The van der Waals surface area contributed by atoms with Crippen LogP contribution in [0.3, 0.4) is 0 Å². The molecule has 2 nitrogen and oxygen atoms in total. The van der Waals surface area contributed by atoms with Gasteiger partial charge in [0, 0.05) is 5.69 Å². The van der Waals surface area contributed by atoms with Gasteiger partial charge in [-0.2, -0.15) is 5.26 Å². The van der Waals surface area contributed by atoms with Crippen molar-refractivity contribution < 1.29 is 0 Å². The van der Waals surface area contributed by atoms with E-state index in [1.54, 1.807) is 0 Å². The predicted octanol–water partition coefficient (Wildman–Crippen LogP) is 5.42. The van der Waals surface area contributed by atoms with Crippen molar-refractivity contribution in [3.8, 4) is 6.07 Å². The molecule has 0 radical (unpaired) electrons. The van der Waals surface area contributed by atoms with Gasteiger partial charge < -0.3 is 0 Å². The number of hydrogen-bond acceptors (Lipinski definition) is 2. The zero-order chi connectivity index (χ0) is 14.3. The first-order chi connectivity index (χ1) is 9.74. The van der Waals surface area contributed by atoms with Crippen LogP contribution in [0.2, 0.25) is 0 Å². The lowest BCUT2D eigenvalue weighted by Gasteiger charge is -2.30. The Labute approximate surface area is 130 Å². The Morgan fingerprint density at radius 1 is 1.15 bits per heavy atom. The molecule has 1 aliphatic carbocycles. The van der Waals surface area contributed by atoms with Crippen LogP contribution < -0.4 is 0 Å². The summed E-state index contributed by atoms with van der Waals surface area (Å²) in [6, 6.07) is 8.70. The van der Waals surface area contributed by atoms with Gasteiger partial charge in [0.05, 0.1) is 11.5 Å². The van der Waals surface area contributed by atoms with Gasteiger partial charge in [-0.3, -0.25) is 0 Å². The highest BCUT2D eigenvalue weighted by atomic mass is 79.9. The third-order valence-corrected chi connectivity index (χ3v) is 4.85. The minimum absolute atomic E-state index is 0.00623. The number of pyridine rings is 1. The summed E-state index contributed by atoms with van der Waals surface area (Å²) in [4.78, 5) is 4.45. The van der Waals surface area contributed by atoms with Crippen LogP contribution in [-0.2, 0) is 6.42 Å². The van der Waals surface area contributed by atoms with Gasteiger partial charge in [0.1, 0.15) is 4.60 Å². The highest BCUT2D eigenvalue weighted by Crippen LogP contribution is 2.39. The SMILES string of the molecule is N#CC1(CCCCCc2cccc(Br)n2)CCCCC1. The summed E-state index contributed by atoms with van der Waals surface area (Å²) in [7, 11) is 0. The minimum atomic E-state index is 0.00623. The smallest absolute Gasteiger partial charge is 0.106 e. The fourth-order valence-corrected chi connectivity index (χ4v) is 3.56. The molecule has 2 rings (SSSR count). The second kappa shape index (κ2) is 7.78. The van der Waals surface area contributed by atoms with E-state index in [-0.39, 0.29) is 5.41 Å². The van der Waals surface area contributed by atoms with Gasteiger partial charge in [0.2, 0.25) is 0 Å². The first kappa shape index (κ1) is 15.5. The number of halogens is 1. The summed E-state index contributed by atoms with van der Waals surface area (Å²) in [6.45, 7) is 0. The fourth-order valence-electron chi connectivity index (χ4n) is 3.18. The lowest BCUT2D eigenvalue weighted by Crippen LogP contribution is -2.21. The molecule has 0 unspecified atom stereocenters. The summed E-state index contributed by atoms with van der Waals surface area (Å²) in [5, 5.41) is 9.44. The number of nitrogens with zero attached hydrogens (tertiary/aromatic N) is 2. The zero-order valence-electron chi connectivity index (χ0n) is 12.1. The van der Waals surface area contributed by atoms with E-state index in [1.165, 1.54) is 38.5 Å². The molecule has 0 aromatic carbocycles. The summed E-state index contributed by atoms with van der Waals surface area (Å²) in [5.74, 6) is 0. The second-order valence-electron chi connectivity index (χ2n) is 5.97. The van der Waals surface area contributed by atoms with Crippen LogP contribution in [0.4, 0.5) is 0 Å². The highest BCUT2D eigenvalue weighted by molar-refractivity contribution is 9.10. The second-order valence-corrected chi connectivity index (χ2v) is 6.78. The van der Waals surface area contributed by atoms with Crippen LogP contribution in [0.1, 0.15) is 63.5 Å². The lowest BCUT2D eigenvalue weighted by atomic mass is 9.72. The van der Waals surface area contributed by atoms with E-state index in [0.717, 1.165) is 36.0 Å². The summed E-state index contributed by atoms with van der Waals surface area (Å²) < 4.78 is 0.917. The average molecular weight is 335 g/mol. The summed E-state index contributed by atoms with van der Waals surface area (Å²) in [5.41, 5.74) is 1.17. The van der Waals surface area contributed by atoms with Crippen LogP contribution in [0.5, 0.6) is 0 Å². The number of rotatable bonds is 6. The van der Waals surface area contributed by atoms with Crippen LogP contribution >= 0.6 is 15.9 Å². The Hall–Kier alpha value is -0.880. The first-order valence-corrected chi connectivity index (χ1v) is 8.56. The summed E-state index contributed by atoms with van der Waals surface area (Å²) >= 11 is 3.41. The topological polar surface area (TPSA) is 36.7 Å². The molecule has 1 aromatic heterocycles. The van der Waals surface area contributed by atoms with Crippen molar-refractivity contribution in [3.63, 3.8) is 0 Å². The van der Waals surface area contributed by atoms with Crippen LogP contribution in [0.25, 0.3) is 0 Å². The summed E-state index contributed by atoms with van der Waals surface area (Å²) in [6.07, 6.45) is 11.7. The molecule has 108 valence electrons. The number of hydrogen-bond donors (Lipinski definition) is 0. The number of nitriles is 1. The van der Waals surface area contributed by atoms with Crippen molar-refractivity contribution in [2.24, 2.45) is 5.41 Å². The minimum Gasteiger partial charge on any atom is -0.246 e. The van der Waals surface area contributed by atoms with Gasteiger partial charge in [-0.25, -0.2) is 4.98 Å². The maximum Gasteiger partial charge on any atom is 0.106 e. The average Bonchev–Trinajstić information content (AvgIpc) is 2.48. The lowest BCUT2D eigenvalue weighted by molar-refractivity contribution is 0.241. The molecule has 0 aliphatic heterocycles. The standard InChI is InChI=1S/C17H23BrN2/c18-16-10-7-9-15(20-16)8-3-1-4-11-17(14-19)12-5-2-6-13-17/h7,9-10H,1-6,8,11-13H2. The Kier molecular flexibility index (Phi) is 6.04. The van der Waals surface area contributed by atoms with Crippen molar-refractivity contribution in [3.05, 3.63) is 28.5 Å². The van der Waals surface area contributed by atoms with E-state index < -0.39 is 0 Å². The van der Waals surface area contributed by atoms with Crippen LogP contribution in [-0.4, -0.2) is 4.98 Å². The molecule has 0 spiro atoms. The molecule has 0 atom stereocenters. The normalized spacial score (nSPS) is 17.6. The van der Waals surface area contributed by atoms with Crippen molar-refractivity contribution in [1.29, 1.82) is 5.26 Å². The molecule has 0 N–H and O–H groups in total. The molecule has 1 heterocycles. The maximum absolute atomic E-state index is 9.44. The van der Waals surface area contributed by atoms with E-state index in [0.29, 0.717) is 0 Å². The van der Waals surface area contributed by atoms with E-state index in [1.807, 2.05) is 12.1 Å². The van der Waals surface area contributed by atoms with E-state index in [9.17, 15) is 5.26 Å². The Morgan fingerprint density at radius 3 is 2.65 bits per heavy atom. The molecule has 1 aliphatic rings. The van der Waals surface area contributed by atoms with Gasteiger partial charge >= 0.3 is 0 Å². The molecule has 1 aromatic rings. The Morgan fingerprint density at radius 2 is 1.95 bits per heavy atom. The zero-order valence-corrected chi connectivity index (χ0v) is 13.7. The molecular weight excluding hydrogens is 312 g/mol. The van der Waals surface area contributed by atoms with Gasteiger partial charge in [-0.15, -0.1) is 0 Å². The largest absolute Gasteiger partial charge is 0.246 e. The van der Waals surface area contributed by atoms with Crippen molar-refractivity contribution >= 4 is 15.9 Å². The number of aromatic nitrogens is 1. The number of aryl methyl sites for hydroxylation is 1. The molecule has 1 fully saturated rings. The maximum atomic E-state index is 9.44. The van der Waals surface area contributed by atoms with Gasteiger partial charge in [0.25, 0.3) is 0 Å². The first-order valence-electron chi connectivity index (χ1n) is 7.77. The Bertz CT molecular complexity index is 458. The van der Waals surface area contributed by atoms with Crippen molar-refractivity contribution in [1.82, 2.24) is 4.98 Å². The molecule has 0 bridgehead atoms. The molecule has 0 saturated heterocycles. The number of unbranched alkanes of at least 4 members (excludes halogenated alkanes) is 2.